The monoisotopic (exact) mass is 295 g/mol. The molecular formula is C15H19F2N3O. The summed E-state index contributed by atoms with van der Waals surface area (Å²) in [4.78, 5) is 16.2. The molecule has 2 aliphatic rings. The molecule has 2 aliphatic heterocycles. The molecule has 0 saturated carbocycles. The van der Waals surface area contributed by atoms with Crippen LogP contribution in [-0.4, -0.2) is 61.0 Å². The first-order chi connectivity index (χ1) is 10.2. The van der Waals surface area contributed by atoms with Crippen LogP contribution in [0.15, 0.2) is 18.2 Å². The van der Waals surface area contributed by atoms with Gasteiger partial charge < -0.3 is 10.2 Å². The standard InChI is InChI=1S/C15H19F2N3O/c16-12-2-1-3-13(17)14(12)15(21)20-8-6-19(7-9-20)11-4-5-18-10-11/h1-3,11,18H,4-10H2. The number of hydrogen-bond donors (Lipinski definition) is 1. The second-order valence-electron chi connectivity index (χ2n) is 5.57. The summed E-state index contributed by atoms with van der Waals surface area (Å²) in [5, 5.41) is 3.32. The summed E-state index contributed by atoms with van der Waals surface area (Å²) in [6.45, 7) is 4.56. The van der Waals surface area contributed by atoms with E-state index in [9.17, 15) is 13.6 Å². The number of carbonyl (C=O) groups is 1. The van der Waals surface area contributed by atoms with Gasteiger partial charge in [-0.3, -0.25) is 9.69 Å². The second-order valence-corrected chi connectivity index (χ2v) is 5.57. The van der Waals surface area contributed by atoms with E-state index >= 15 is 0 Å². The van der Waals surface area contributed by atoms with E-state index in [1.165, 1.54) is 6.07 Å². The fourth-order valence-electron chi connectivity index (χ4n) is 3.10. The Morgan fingerprint density at radius 3 is 2.38 bits per heavy atom. The summed E-state index contributed by atoms with van der Waals surface area (Å²) >= 11 is 0. The van der Waals surface area contributed by atoms with Crippen molar-refractivity contribution in [3.05, 3.63) is 35.4 Å². The van der Waals surface area contributed by atoms with Gasteiger partial charge in [-0.05, 0) is 25.1 Å². The maximum absolute atomic E-state index is 13.7. The Balaban J connectivity index is 1.65. The molecule has 1 aromatic carbocycles. The van der Waals surface area contributed by atoms with E-state index in [1.807, 2.05) is 0 Å². The number of halogens is 2. The highest BCUT2D eigenvalue weighted by atomic mass is 19.1. The van der Waals surface area contributed by atoms with Gasteiger partial charge in [-0.2, -0.15) is 0 Å². The highest BCUT2D eigenvalue weighted by Crippen LogP contribution is 2.17. The van der Waals surface area contributed by atoms with Crippen LogP contribution >= 0.6 is 0 Å². The van der Waals surface area contributed by atoms with Crippen molar-refractivity contribution >= 4 is 5.91 Å². The van der Waals surface area contributed by atoms with Crippen LogP contribution in [0.5, 0.6) is 0 Å². The van der Waals surface area contributed by atoms with E-state index in [-0.39, 0.29) is 0 Å². The number of benzene rings is 1. The molecule has 3 rings (SSSR count). The summed E-state index contributed by atoms with van der Waals surface area (Å²) in [5.41, 5.74) is -0.437. The van der Waals surface area contributed by atoms with Crippen LogP contribution in [0.1, 0.15) is 16.8 Å². The molecule has 4 nitrogen and oxygen atoms in total. The number of amides is 1. The number of nitrogens with zero attached hydrogens (tertiary/aromatic N) is 2. The SMILES string of the molecule is O=C(c1c(F)cccc1F)N1CCN(C2CCNC2)CC1. The van der Waals surface area contributed by atoms with Crippen molar-refractivity contribution in [1.82, 2.24) is 15.1 Å². The summed E-state index contributed by atoms with van der Waals surface area (Å²) in [6, 6.07) is 4.03. The fraction of sp³-hybridized carbons (Fsp3) is 0.533. The predicted molar refractivity (Wildman–Crippen MR) is 75.1 cm³/mol. The Bertz CT molecular complexity index is 503. The molecule has 0 bridgehead atoms. The third-order valence-corrected chi connectivity index (χ3v) is 4.33. The molecule has 2 saturated heterocycles. The van der Waals surface area contributed by atoms with Crippen LogP contribution in [-0.2, 0) is 0 Å². The minimum absolute atomic E-state index is 0.437. The van der Waals surface area contributed by atoms with Crippen LogP contribution in [0.4, 0.5) is 8.78 Å². The zero-order chi connectivity index (χ0) is 14.8. The molecule has 114 valence electrons. The van der Waals surface area contributed by atoms with Crippen molar-refractivity contribution in [2.45, 2.75) is 12.5 Å². The van der Waals surface area contributed by atoms with Crippen molar-refractivity contribution in [3.63, 3.8) is 0 Å². The van der Waals surface area contributed by atoms with Crippen LogP contribution in [0.2, 0.25) is 0 Å². The molecule has 0 spiro atoms. The Kier molecular flexibility index (Phi) is 4.17. The number of carbonyl (C=O) groups excluding carboxylic acids is 1. The minimum atomic E-state index is -0.789. The molecule has 2 fully saturated rings. The average molecular weight is 295 g/mol. The van der Waals surface area contributed by atoms with E-state index < -0.39 is 23.1 Å². The van der Waals surface area contributed by atoms with E-state index in [0.29, 0.717) is 19.1 Å². The molecule has 0 aliphatic carbocycles. The smallest absolute Gasteiger partial charge is 0.259 e. The van der Waals surface area contributed by atoms with Crippen molar-refractivity contribution in [1.29, 1.82) is 0 Å². The van der Waals surface area contributed by atoms with E-state index in [0.717, 1.165) is 44.7 Å². The summed E-state index contributed by atoms with van der Waals surface area (Å²) in [5.74, 6) is -2.13. The van der Waals surface area contributed by atoms with Crippen LogP contribution in [0.3, 0.4) is 0 Å². The Labute approximate surface area is 122 Å². The molecule has 2 heterocycles. The average Bonchev–Trinajstić information content (AvgIpc) is 3.01. The van der Waals surface area contributed by atoms with Crippen molar-refractivity contribution in [3.8, 4) is 0 Å². The first kappa shape index (κ1) is 14.4. The number of hydrogen-bond acceptors (Lipinski definition) is 3. The van der Waals surface area contributed by atoms with E-state index in [4.69, 9.17) is 0 Å². The molecule has 1 amide bonds. The van der Waals surface area contributed by atoms with Crippen LogP contribution in [0.25, 0.3) is 0 Å². The van der Waals surface area contributed by atoms with Crippen molar-refractivity contribution in [2.24, 2.45) is 0 Å². The number of rotatable bonds is 2. The van der Waals surface area contributed by atoms with Crippen molar-refractivity contribution < 1.29 is 13.6 Å². The molecule has 1 N–H and O–H groups in total. The Morgan fingerprint density at radius 1 is 1.14 bits per heavy atom. The van der Waals surface area contributed by atoms with E-state index in [2.05, 4.69) is 10.2 Å². The lowest BCUT2D eigenvalue weighted by Gasteiger charge is -2.37. The van der Waals surface area contributed by atoms with Gasteiger partial charge in [0.1, 0.15) is 17.2 Å². The van der Waals surface area contributed by atoms with Gasteiger partial charge in [-0.15, -0.1) is 0 Å². The van der Waals surface area contributed by atoms with Gasteiger partial charge in [0, 0.05) is 38.8 Å². The lowest BCUT2D eigenvalue weighted by Crippen LogP contribution is -2.52. The lowest BCUT2D eigenvalue weighted by atomic mass is 10.1. The third kappa shape index (κ3) is 2.91. The van der Waals surface area contributed by atoms with Gasteiger partial charge >= 0.3 is 0 Å². The van der Waals surface area contributed by atoms with Gasteiger partial charge in [0.15, 0.2) is 0 Å². The fourth-order valence-corrected chi connectivity index (χ4v) is 3.10. The molecule has 1 unspecified atom stereocenters. The number of piperazine rings is 1. The van der Waals surface area contributed by atoms with Crippen LogP contribution < -0.4 is 5.32 Å². The van der Waals surface area contributed by atoms with Gasteiger partial charge in [0.05, 0.1) is 0 Å². The highest BCUT2D eigenvalue weighted by molar-refractivity contribution is 5.94. The molecule has 21 heavy (non-hydrogen) atoms. The topological polar surface area (TPSA) is 35.6 Å². The maximum atomic E-state index is 13.7. The lowest BCUT2D eigenvalue weighted by molar-refractivity contribution is 0.0575. The maximum Gasteiger partial charge on any atom is 0.259 e. The first-order valence-corrected chi connectivity index (χ1v) is 7.35. The first-order valence-electron chi connectivity index (χ1n) is 7.35. The highest BCUT2D eigenvalue weighted by Gasteiger charge is 2.30. The largest absolute Gasteiger partial charge is 0.336 e. The molecule has 0 radical (unpaired) electrons. The molecule has 0 aromatic heterocycles. The van der Waals surface area contributed by atoms with Crippen LogP contribution in [0, 0.1) is 11.6 Å². The zero-order valence-electron chi connectivity index (χ0n) is 11.8. The zero-order valence-corrected chi connectivity index (χ0v) is 11.8. The van der Waals surface area contributed by atoms with Gasteiger partial charge in [0.25, 0.3) is 5.91 Å². The van der Waals surface area contributed by atoms with E-state index in [1.54, 1.807) is 4.90 Å². The summed E-state index contributed by atoms with van der Waals surface area (Å²) in [7, 11) is 0. The van der Waals surface area contributed by atoms with Crippen molar-refractivity contribution in [2.75, 3.05) is 39.3 Å². The molecule has 1 aromatic rings. The van der Waals surface area contributed by atoms with Gasteiger partial charge in [0.2, 0.25) is 0 Å². The summed E-state index contributed by atoms with van der Waals surface area (Å²) < 4.78 is 27.3. The van der Waals surface area contributed by atoms with Gasteiger partial charge in [-0.25, -0.2) is 8.78 Å². The predicted octanol–water partition coefficient (Wildman–Crippen LogP) is 1.08. The normalized spacial score (nSPS) is 23.5. The van der Waals surface area contributed by atoms with Gasteiger partial charge in [-0.1, -0.05) is 6.07 Å². The second kappa shape index (κ2) is 6.07. The Hall–Kier alpha value is -1.53. The molecule has 1 atom stereocenters. The third-order valence-electron chi connectivity index (χ3n) is 4.33. The summed E-state index contributed by atoms with van der Waals surface area (Å²) in [6.07, 6.45) is 1.12. The molecular weight excluding hydrogens is 276 g/mol. The number of nitrogens with one attached hydrogen (secondary N) is 1. The minimum Gasteiger partial charge on any atom is -0.336 e. The quantitative estimate of drug-likeness (QED) is 0.887. The Morgan fingerprint density at radius 2 is 1.81 bits per heavy atom. The molecule has 6 heteroatoms.